The van der Waals surface area contributed by atoms with Crippen molar-refractivity contribution >= 4 is 0 Å². The molecule has 4 aliphatic rings. The highest BCUT2D eigenvalue weighted by atomic mass is 16.3. The Morgan fingerprint density at radius 2 is 1.91 bits per heavy atom. The third-order valence-corrected chi connectivity index (χ3v) is 8.31. The van der Waals surface area contributed by atoms with Gasteiger partial charge < -0.3 is 5.11 Å². The molecule has 3 saturated carbocycles. The van der Waals surface area contributed by atoms with Crippen LogP contribution in [-0.2, 0) is 0 Å². The van der Waals surface area contributed by atoms with E-state index < -0.39 is 5.60 Å². The summed E-state index contributed by atoms with van der Waals surface area (Å²) in [7, 11) is 0. The second-order valence-electron chi connectivity index (χ2n) is 9.79. The summed E-state index contributed by atoms with van der Waals surface area (Å²) < 4.78 is 0. The first-order chi connectivity index (χ1) is 10.8. The van der Waals surface area contributed by atoms with Gasteiger partial charge in [-0.05, 0) is 100 Å². The molecule has 0 heterocycles. The van der Waals surface area contributed by atoms with Gasteiger partial charge in [-0.25, -0.2) is 0 Å². The van der Waals surface area contributed by atoms with Gasteiger partial charge in [0.05, 0.1) is 5.60 Å². The molecule has 6 unspecified atom stereocenters. The summed E-state index contributed by atoms with van der Waals surface area (Å²) >= 11 is 0. The molecule has 4 aliphatic carbocycles. The molecule has 1 heteroatoms. The zero-order chi connectivity index (χ0) is 16.4. The van der Waals surface area contributed by atoms with E-state index in [9.17, 15) is 5.11 Å². The molecule has 0 aromatic carbocycles. The molecule has 7 atom stereocenters. The zero-order valence-corrected chi connectivity index (χ0v) is 15.3. The van der Waals surface area contributed by atoms with Crippen LogP contribution >= 0.6 is 0 Å². The van der Waals surface area contributed by atoms with Gasteiger partial charge in [0.2, 0.25) is 0 Å². The van der Waals surface area contributed by atoms with Gasteiger partial charge >= 0.3 is 0 Å². The Balaban J connectivity index is 1.61. The van der Waals surface area contributed by atoms with Crippen LogP contribution in [0.1, 0.15) is 72.1 Å². The summed E-state index contributed by atoms with van der Waals surface area (Å²) in [4.78, 5) is 0. The standard InChI is InChI=1S/C22H34O/c1-14(2)19-7-8-20-18-6-5-15-13-21(3,23)11-9-16(15)17(18)10-12-22(19,20)4/h5,16-20,23H,1,6-13H2,2-4H3/t16?,17?,18?,19?,20?,21-,22?/m0/s1. The molecule has 0 bridgehead atoms. The van der Waals surface area contributed by atoms with Crippen molar-refractivity contribution in [3.8, 4) is 0 Å². The predicted octanol–water partition coefficient (Wildman–Crippen LogP) is 5.50. The number of rotatable bonds is 1. The van der Waals surface area contributed by atoms with Gasteiger partial charge in [-0.3, -0.25) is 0 Å². The van der Waals surface area contributed by atoms with Gasteiger partial charge in [-0.2, -0.15) is 0 Å². The van der Waals surface area contributed by atoms with E-state index in [0.717, 1.165) is 42.4 Å². The third-order valence-electron chi connectivity index (χ3n) is 8.31. The van der Waals surface area contributed by atoms with E-state index in [-0.39, 0.29) is 0 Å². The quantitative estimate of drug-likeness (QED) is 0.633. The summed E-state index contributed by atoms with van der Waals surface area (Å²) in [6, 6.07) is 0. The zero-order valence-electron chi connectivity index (χ0n) is 15.3. The van der Waals surface area contributed by atoms with E-state index in [1.54, 1.807) is 5.57 Å². The van der Waals surface area contributed by atoms with Crippen molar-refractivity contribution in [3.05, 3.63) is 23.8 Å². The maximum atomic E-state index is 10.4. The van der Waals surface area contributed by atoms with Crippen molar-refractivity contribution in [2.24, 2.45) is 35.0 Å². The van der Waals surface area contributed by atoms with Crippen LogP contribution in [0.25, 0.3) is 0 Å². The summed E-state index contributed by atoms with van der Waals surface area (Å²) in [5.74, 6) is 4.24. The van der Waals surface area contributed by atoms with E-state index in [2.05, 4.69) is 26.5 Å². The molecule has 4 rings (SSSR count). The van der Waals surface area contributed by atoms with Crippen LogP contribution in [0.15, 0.2) is 23.8 Å². The van der Waals surface area contributed by atoms with Crippen LogP contribution in [0.3, 0.4) is 0 Å². The number of aliphatic hydroxyl groups is 1. The van der Waals surface area contributed by atoms with Gasteiger partial charge in [0.1, 0.15) is 0 Å². The molecular formula is C22H34O. The first-order valence-electron chi connectivity index (χ1n) is 9.88. The fraction of sp³-hybridized carbons (Fsp3) is 0.818. The smallest absolute Gasteiger partial charge is 0.0657 e. The first kappa shape index (κ1) is 15.9. The van der Waals surface area contributed by atoms with E-state index >= 15 is 0 Å². The maximum Gasteiger partial charge on any atom is 0.0657 e. The van der Waals surface area contributed by atoms with Crippen LogP contribution in [0.5, 0.6) is 0 Å². The Morgan fingerprint density at radius 1 is 1.13 bits per heavy atom. The molecule has 1 N–H and O–H groups in total. The van der Waals surface area contributed by atoms with Crippen LogP contribution in [-0.4, -0.2) is 10.7 Å². The largest absolute Gasteiger partial charge is 0.390 e. The minimum absolute atomic E-state index is 0.448. The van der Waals surface area contributed by atoms with E-state index in [1.165, 1.54) is 44.1 Å². The predicted molar refractivity (Wildman–Crippen MR) is 96.0 cm³/mol. The minimum atomic E-state index is -0.448. The topological polar surface area (TPSA) is 20.2 Å². The average molecular weight is 315 g/mol. The molecule has 1 nitrogen and oxygen atoms in total. The molecule has 0 aromatic heterocycles. The van der Waals surface area contributed by atoms with Crippen molar-refractivity contribution in [2.75, 3.05) is 0 Å². The normalized spacial score (nSPS) is 52.2. The molecule has 128 valence electrons. The van der Waals surface area contributed by atoms with Crippen molar-refractivity contribution < 1.29 is 5.11 Å². The third kappa shape index (κ3) is 2.37. The average Bonchev–Trinajstić information content (AvgIpc) is 2.83. The Labute approximate surface area is 142 Å². The molecule has 0 aromatic rings. The Bertz CT molecular complexity index is 542. The highest BCUT2D eigenvalue weighted by Crippen LogP contribution is 2.64. The summed E-state index contributed by atoms with van der Waals surface area (Å²) in [5, 5.41) is 10.4. The lowest BCUT2D eigenvalue weighted by Gasteiger charge is -2.54. The van der Waals surface area contributed by atoms with Gasteiger partial charge in [-0.1, -0.05) is 30.7 Å². The maximum absolute atomic E-state index is 10.4. The number of allylic oxidation sites excluding steroid dienone is 2. The molecule has 0 aliphatic heterocycles. The van der Waals surface area contributed by atoms with Crippen molar-refractivity contribution in [1.82, 2.24) is 0 Å². The molecule has 0 amide bonds. The van der Waals surface area contributed by atoms with Crippen LogP contribution in [0, 0.1) is 35.0 Å². The molecule has 0 radical (unpaired) electrons. The number of hydrogen-bond acceptors (Lipinski definition) is 1. The summed E-state index contributed by atoms with van der Waals surface area (Å²) in [6.07, 6.45) is 12.6. The summed E-state index contributed by atoms with van der Waals surface area (Å²) in [6.45, 7) is 11.2. The molecular weight excluding hydrogens is 280 g/mol. The van der Waals surface area contributed by atoms with Crippen molar-refractivity contribution in [2.45, 2.75) is 77.7 Å². The second kappa shape index (κ2) is 5.22. The van der Waals surface area contributed by atoms with Crippen molar-refractivity contribution in [3.63, 3.8) is 0 Å². The van der Waals surface area contributed by atoms with Crippen LogP contribution in [0.4, 0.5) is 0 Å². The van der Waals surface area contributed by atoms with Gasteiger partial charge in [0.25, 0.3) is 0 Å². The first-order valence-corrected chi connectivity index (χ1v) is 9.88. The van der Waals surface area contributed by atoms with E-state index in [0.29, 0.717) is 5.41 Å². The van der Waals surface area contributed by atoms with Crippen LogP contribution < -0.4 is 0 Å². The number of hydrogen-bond donors (Lipinski definition) is 1. The minimum Gasteiger partial charge on any atom is -0.390 e. The van der Waals surface area contributed by atoms with Gasteiger partial charge in [0, 0.05) is 0 Å². The monoisotopic (exact) mass is 314 g/mol. The highest BCUT2D eigenvalue weighted by molar-refractivity contribution is 5.22. The van der Waals surface area contributed by atoms with Gasteiger partial charge in [-0.15, -0.1) is 0 Å². The molecule has 3 fully saturated rings. The van der Waals surface area contributed by atoms with E-state index in [4.69, 9.17) is 0 Å². The highest BCUT2D eigenvalue weighted by Gasteiger charge is 2.56. The van der Waals surface area contributed by atoms with E-state index in [1.807, 2.05) is 6.92 Å². The summed E-state index contributed by atoms with van der Waals surface area (Å²) in [5.41, 5.74) is 3.09. The molecule has 0 saturated heterocycles. The lowest BCUT2D eigenvalue weighted by atomic mass is 9.51. The van der Waals surface area contributed by atoms with Gasteiger partial charge in [0.15, 0.2) is 0 Å². The Morgan fingerprint density at radius 3 is 2.65 bits per heavy atom. The van der Waals surface area contributed by atoms with Crippen molar-refractivity contribution in [1.29, 1.82) is 0 Å². The molecule has 0 spiro atoms. The Hall–Kier alpha value is -0.560. The lowest BCUT2D eigenvalue weighted by Crippen LogP contribution is -2.47. The van der Waals surface area contributed by atoms with Crippen LogP contribution in [0.2, 0.25) is 0 Å². The Kier molecular flexibility index (Phi) is 3.61. The SMILES string of the molecule is C=C(C)C1CCC2C3CC=C4C[C@@](C)(O)CCC4C3CCC12C. The fourth-order valence-corrected chi connectivity index (χ4v) is 7.28. The number of fused-ring (bicyclic) bond motifs is 5. The molecule has 23 heavy (non-hydrogen) atoms. The fourth-order valence-electron chi connectivity index (χ4n) is 7.28. The second-order valence-corrected chi connectivity index (χ2v) is 9.79. The lowest BCUT2D eigenvalue weighted by molar-refractivity contribution is -0.0289.